The molecular formula is C34H41N9O4. The number of pyridine rings is 1. The van der Waals surface area contributed by atoms with Gasteiger partial charge in [0.25, 0.3) is 5.91 Å². The van der Waals surface area contributed by atoms with E-state index in [0.29, 0.717) is 48.0 Å². The molecule has 6 heterocycles. The summed E-state index contributed by atoms with van der Waals surface area (Å²) in [6, 6.07) is 14.6. The number of aliphatic hydroxyl groups excluding tert-OH is 1. The molecule has 13 heteroatoms. The largest absolute Gasteiger partial charge is 0.479 e. The number of hydrogen-bond acceptors (Lipinski definition) is 12. The molecule has 47 heavy (non-hydrogen) atoms. The first-order chi connectivity index (χ1) is 22.8. The van der Waals surface area contributed by atoms with E-state index in [4.69, 9.17) is 19.4 Å². The number of piperidine rings is 1. The molecule has 13 nitrogen and oxygen atoms in total. The van der Waals surface area contributed by atoms with E-state index in [2.05, 4.69) is 31.1 Å². The van der Waals surface area contributed by atoms with Crippen molar-refractivity contribution in [3.05, 3.63) is 48.2 Å². The number of piperazine rings is 1. The minimum atomic E-state index is -0.961. The highest BCUT2D eigenvalue weighted by atomic mass is 16.5. The average molecular weight is 640 g/mol. The van der Waals surface area contributed by atoms with Gasteiger partial charge in [0.05, 0.1) is 43.3 Å². The maximum Gasteiger partial charge on any atom is 0.251 e. The summed E-state index contributed by atoms with van der Waals surface area (Å²) in [5, 5.41) is 22.9. The first kappa shape index (κ1) is 31.1. The molecule has 0 saturated carbocycles. The van der Waals surface area contributed by atoms with Crippen LogP contribution in [0, 0.1) is 16.7 Å². The fraction of sp³-hybridized carbons (Fsp3) is 0.500. The highest BCUT2D eigenvalue weighted by Gasteiger charge is 2.46. The van der Waals surface area contributed by atoms with E-state index in [-0.39, 0.29) is 11.3 Å². The van der Waals surface area contributed by atoms with Gasteiger partial charge in [0.2, 0.25) is 11.8 Å². The molecule has 0 bridgehead atoms. The number of ether oxygens (including phenoxy) is 2. The van der Waals surface area contributed by atoms with Crippen LogP contribution < -0.4 is 19.9 Å². The van der Waals surface area contributed by atoms with Gasteiger partial charge in [-0.1, -0.05) is 6.07 Å². The van der Waals surface area contributed by atoms with Crippen molar-refractivity contribution in [2.45, 2.75) is 31.9 Å². The molecule has 1 unspecified atom stereocenters. The normalized spacial score (nSPS) is 20.3. The van der Waals surface area contributed by atoms with E-state index < -0.39 is 6.10 Å². The zero-order chi connectivity index (χ0) is 32.5. The number of aliphatic hydroxyl groups is 1. The van der Waals surface area contributed by atoms with E-state index in [1.165, 1.54) is 6.92 Å². The van der Waals surface area contributed by atoms with Crippen LogP contribution in [0.1, 0.15) is 25.3 Å². The summed E-state index contributed by atoms with van der Waals surface area (Å²) in [7, 11) is 1.63. The minimum absolute atomic E-state index is 0.142. The van der Waals surface area contributed by atoms with Crippen LogP contribution in [0.2, 0.25) is 0 Å². The van der Waals surface area contributed by atoms with Crippen molar-refractivity contribution < 1.29 is 19.4 Å². The molecule has 246 valence electrons. The zero-order valence-corrected chi connectivity index (χ0v) is 26.9. The van der Waals surface area contributed by atoms with Crippen LogP contribution in [0.25, 0.3) is 11.3 Å². The lowest BCUT2D eigenvalue weighted by atomic mass is 9.71. The molecule has 1 aromatic carbocycles. The second-order valence-corrected chi connectivity index (χ2v) is 13.0. The standard InChI is InChI=1S/C34H41N9O4/c1-23(44)32(45)42-11-8-34(9-12-42)21-43(22-34)28-4-3-24(17-25(28)18-35)27-7-10-36-33(37-27)39-30-6-5-29(31(38-30)46-2)41-15-13-40(14-16-41)26-19-47-20-26/h3-7,10,17,23,26,44H,8-9,11-16,19-22H2,1-2H3,(H,36,37,38,39). The van der Waals surface area contributed by atoms with Crippen LogP contribution in [0.4, 0.5) is 23.1 Å². The van der Waals surface area contributed by atoms with E-state index in [9.17, 15) is 15.2 Å². The van der Waals surface area contributed by atoms with Crippen molar-refractivity contribution in [1.29, 1.82) is 5.26 Å². The number of benzene rings is 1. The average Bonchev–Trinajstić information content (AvgIpc) is 3.06. The van der Waals surface area contributed by atoms with Gasteiger partial charge in [-0.15, -0.1) is 0 Å². The van der Waals surface area contributed by atoms with Crippen LogP contribution in [0.3, 0.4) is 0 Å². The molecule has 2 N–H and O–H groups in total. The summed E-state index contributed by atoms with van der Waals surface area (Å²) in [5.74, 6) is 1.32. The number of methoxy groups -OCH3 is 1. The molecule has 0 aliphatic carbocycles. The highest BCUT2D eigenvalue weighted by Crippen LogP contribution is 2.44. The predicted molar refractivity (Wildman–Crippen MR) is 177 cm³/mol. The quantitative estimate of drug-likeness (QED) is 0.374. The van der Waals surface area contributed by atoms with E-state index in [0.717, 1.165) is 82.3 Å². The molecule has 4 aliphatic heterocycles. The van der Waals surface area contributed by atoms with E-state index in [1.54, 1.807) is 18.2 Å². The number of nitrogens with one attached hydrogen (secondary N) is 1. The predicted octanol–water partition coefficient (Wildman–Crippen LogP) is 2.49. The first-order valence-electron chi connectivity index (χ1n) is 16.3. The number of anilines is 4. The third kappa shape index (κ3) is 6.28. The van der Waals surface area contributed by atoms with E-state index >= 15 is 0 Å². The van der Waals surface area contributed by atoms with Crippen molar-refractivity contribution in [2.75, 3.05) is 87.8 Å². The Kier molecular flexibility index (Phi) is 8.57. The molecule has 2 aromatic heterocycles. The lowest BCUT2D eigenvalue weighted by Gasteiger charge is -2.55. The number of rotatable bonds is 8. The van der Waals surface area contributed by atoms with Gasteiger partial charge in [-0.25, -0.2) is 9.97 Å². The maximum atomic E-state index is 12.2. The smallest absolute Gasteiger partial charge is 0.251 e. The topological polar surface area (TPSA) is 143 Å². The molecule has 7 rings (SSSR count). The molecule has 4 aliphatic rings. The van der Waals surface area contributed by atoms with Gasteiger partial charge in [0.15, 0.2) is 0 Å². The Hall–Kier alpha value is -4.51. The monoisotopic (exact) mass is 639 g/mol. The number of carbonyl (C=O) groups is 1. The second kappa shape index (κ2) is 12.9. The van der Waals surface area contributed by atoms with Gasteiger partial charge in [0.1, 0.15) is 23.7 Å². The van der Waals surface area contributed by atoms with Crippen molar-refractivity contribution in [3.8, 4) is 23.2 Å². The van der Waals surface area contributed by atoms with Crippen molar-refractivity contribution >= 4 is 29.0 Å². The Bertz CT molecular complexity index is 1650. The number of nitriles is 1. The van der Waals surface area contributed by atoms with Crippen molar-refractivity contribution in [2.24, 2.45) is 5.41 Å². The lowest BCUT2D eigenvalue weighted by molar-refractivity contribution is -0.141. The minimum Gasteiger partial charge on any atom is -0.479 e. The van der Waals surface area contributed by atoms with E-state index in [1.807, 2.05) is 36.4 Å². The van der Waals surface area contributed by atoms with Crippen molar-refractivity contribution in [3.63, 3.8) is 0 Å². The van der Waals surface area contributed by atoms with Gasteiger partial charge in [0, 0.05) is 69.5 Å². The molecule has 1 atom stereocenters. The van der Waals surface area contributed by atoms with Gasteiger partial charge >= 0.3 is 0 Å². The second-order valence-electron chi connectivity index (χ2n) is 13.0. The lowest BCUT2D eigenvalue weighted by Crippen LogP contribution is -2.61. The van der Waals surface area contributed by atoms with Gasteiger partial charge in [-0.05, 0) is 50.1 Å². The maximum absolute atomic E-state index is 12.2. The molecule has 4 saturated heterocycles. The van der Waals surface area contributed by atoms with Gasteiger partial charge in [-0.2, -0.15) is 10.2 Å². The van der Waals surface area contributed by atoms with Crippen LogP contribution in [-0.2, 0) is 9.53 Å². The van der Waals surface area contributed by atoms with Gasteiger partial charge in [-0.3, -0.25) is 9.69 Å². The zero-order valence-electron chi connectivity index (χ0n) is 26.9. The van der Waals surface area contributed by atoms with Gasteiger partial charge < -0.3 is 34.6 Å². The molecule has 1 amide bonds. The number of amides is 1. The number of hydrogen-bond donors (Lipinski definition) is 2. The Morgan fingerprint density at radius 1 is 1.04 bits per heavy atom. The Labute approximate surface area is 274 Å². The number of nitrogens with zero attached hydrogens (tertiary/aromatic N) is 8. The molecular weight excluding hydrogens is 598 g/mol. The summed E-state index contributed by atoms with van der Waals surface area (Å²) >= 11 is 0. The summed E-state index contributed by atoms with van der Waals surface area (Å²) in [6.45, 7) is 9.97. The Morgan fingerprint density at radius 3 is 2.45 bits per heavy atom. The number of likely N-dealkylation sites (tertiary alicyclic amines) is 1. The SMILES string of the molecule is COc1nc(Nc2nccc(-c3ccc(N4CC5(CCN(C(=O)C(C)O)CC5)C4)c(C#N)c3)n2)ccc1N1CCN(C2COC2)CC1. The highest BCUT2D eigenvalue weighted by molar-refractivity contribution is 5.80. The van der Waals surface area contributed by atoms with Crippen LogP contribution in [0.5, 0.6) is 5.88 Å². The third-order valence-electron chi connectivity index (χ3n) is 10.0. The van der Waals surface area contributed by atoms with Crippen LogP contribution in [-0.4, -0.2) is 121 Å². The summed E-state index contributed by atoms with van der Waals surface area (Å²) in [4.78, 5) is 34.8. The number of aromatic nitrogens is 3. The van der Waals surface area contributed by atoms with Crippen LogP contribution >= 0.6 is 0 Å². The Morgan fingerprint density at radius 2 is 1.79 bits per heavy atom. The molecule has 0 radical (unpaired) electrons. The number of carbonyl (C=O) groups excluding carboxylic acids is 1. The van der Waals surface area contributed by atoms with Crippen molar-refractivity contribution in [1.82, 2.24) is 24.8 Å². The molecule has 3 aromatic rings. The Balaban J connectivity index is 0.994. The summed E-state index contributed by atoms with van der Waals surface area (Å²) < 4.78 is 11.0. The fourth-order valence-corrected chi connectivity index (χ4v) is 7.13. The summed E-state index contributed by atoms with van der Waals surface area (Å²) in [5.41, 5.74) is 4.13. The van der Waals surface area contributed by atoms with Crippen LogP contribution in [0.15, 0.2) is 42.6 Å². The first-order valence-corrected chi connectivity index (χ1v) is 16.3. The molecule has 4 fully saturated rings. The third-order valence-corrected chi connectivity index (χ3v) is 10.0. The molecule has 1 spiro atoms. The fourth-order valence-electron chi connectivity index (χ4n) is 7.13. The summed E-state index contributed by atoms with van der Waals surface area (Å²) in [6.07, 6.45) is 2.53.